The van der Waals surface area contributed by atoms with Crippen LogP contribution >= 0.6 is 35.0 Å². The Labute approximate surface area is 115 Å². The molecule has 0 amide bonds. The molecule has 1 aromatic rings. The van der Waals surface area contributed by atoms with Gasteiger partial charge in [0.2, 0.25) is 5.12 Å². The number of carbonyl (C=O) groups excluding carboxylic acids is 2. The van der Waals surface area contributed by atoms with Crippen molar-refractivity contribution in [3.63, 3.8) is 0 Å². The zero-order valence-electron chi connectivity index (χ0n) is 9.63. The van der Waals surface area contributed by atoms with E-state index >= 15 is 0 Å². The first-order chi connectivity index (χ1) is 8.02. The smallest absolute Gasteiger partial charge is 0.286 e. The number of hydrogen-bond acceptors (Lipinski definition) is 2. The van der Waals surface area contributed by atoms with Crippen LogP contribution in [-0.2, 0) is 15.6 Å². The van der Waals surface area contributed by atoms with Gasteiger partial charge in [0.15, 0.2) is 0 Å². The fourth-order valence-electron chi connectivity index (χ4n) is 1.25. The van der Waals surface area contributed by atoms with Crippen molar-refractivity contribution in [2.75, 3.05) is 6.61 Å². The van der Waals surface area contributed by atoms with Crippen molar-refractivity contribution in [2.24, 2.45) is 0 Å². The minimum atomic E-state index is 0.000160. The van der Waals surface area contributed by atoms with Crippen LogP contribution in [0.25, 0.3) is 0 Å². The molecule has 2 nitrogen and oxygen atoms in total. The average molecular weight is 292 g/mol. The Hall–Kier alpha value is -0.510. The fraction of sp³-hybridized carbons (Fsp3) is 0.333. The van der Waals surface area contributed by atoms with Crippen LogP contribution in [0.1, 0.15) is 19.4 Å². The first-order valence-electron chi connectivity index (χ1n) is 5.14. The number of thioether (sulfide) groups is 1. The molecule has 0 radical (unpaired) electrons. The molecule has 1 aromatic carbocycles. The Morgan fingerprint density at radius 1 is 1.41 bits per heavy atom. The summed E-state index contributed by atoms with van der Waals surface area (Å²) in [4.78, 5) is 11.7. The Balaban J connectivity index is 2.65. The zero-order chi connectivity index (χ0) is 12.8. The lowest BCUT2D eigenvalue weighted by Crippen LogP contribution is -2.03. The third kappa shape index (κ3) is 5.11. The highest BCUT2D eigenvalue weighted by molar-refractivity contribution is 8.26. The molecule has 5 heteroatoms. The van der Waals surface area contributed by atoms with Gasteiger partial charge in [-0.1, -0.05) is 29.3 Å². The van der Waals surface area contributed by atoms with Crippen LogP contribution in [-0.4, -0.2) is 16.8 Å². The molecular formula is C12H13Cl2O2S+. The van der Waals surface area contributed by atoms with E-state index in [0.29, 0.717) is 21.8 Å². The van der Waals surface area contributed by atoms with Crippen LogP contribution in [0.4, 0.5) is 0 Å². The van der Waals surface area contributed by atoms with Gasteiger partial charge >= 0.3 is 5.12 Å². The molecule has 0 saturated heterocycles. The van der Waals surface area contributed by atoms with Crippen LogP contribution < -0.4 is 0 Å². The zero-order valence-corrected chi connectivity index (χ0v) is 12.0. The molecule has 0 unspecified atom stereocenters. The molecule has 0 aliphatic rings. The molecule has 0 spiro atoms. The Morgan fingerprint density at radius 3 is 2.71 bits per heavy atom. The van der Waals surface area contributed by atoms with Gasteiger partial charge in [-0.3, -0.25) is 9.22 Å². The van der Waals surface area contributed by atoms with E-state index in [2.05, 4.69) is 0 Å². The van der Waals surface area contributed by atoms with Crippen LogP contribution in [0.3, 0.4) is 0 Å². The molecule has 92 valence electrons. The molecule has 0 aliphatic heterocycles. The van der Waals surface area contributed by atoms with E-state index in [1.54, 1.807) is 25.1 Å². The molecule has 0 heterocycles. The standard InChI is InChI=1S/C12H13Cl2O2S/c1-3-16-8(2)17-12(15)6-9-4-5-10(13)7-11(9)14/h4-5,7H,3,6H2,1-2H3/q+1. The van der Waals surface area contributed by atoms with Crippen molar-refractivity contribution in [1.82, 2.24) is 0 Å². The van der Waals surface area contributed by atoms with Crippen molar-refractivity contribution < 1.29 is 9.22 Å². The number of halogens is 2. The normalized spacial score (nSPS) is 11.6. The highest BCUT2D eigenvalue weighted by Crippen LogP contribution is 2.23. The number of hydrogen-bond donors (Lipinski definition) is 0. The molecule has 17 heavy (non-hydrogen) atoms. The van der Waals surface area contributed by atoms with Crippen LogP contribution in [0.15, 0.2) is 18.2 Å². The Kier molecular flexibility index (Phi) is 6.03. The van der Waals surface area contributed by atoms with Gasteiger partial charge in [-0.2, -0.15) is 0 Å². The summed E-state index contributed by atoms with van der Waals surface area (Å²) in [6.07, 6.45) is 0.269. The van der Waals surface area contributed by atoms with Gasteiger partial charge in [0.25, 0.3) is 6.61 Å². The van der Waals surface area contributed by atoms with Crippen molar-refractivity contribution in [2.45, 2.75) is 20.3 Å². The van der Waals surface area contributed by atoms with Gasteiger partial charge in [-0.15, -0.1) is 0 Å². The first kappa shape index (κ1) is 14.6. The summed E-state index contributed by atoms with van der Waals surface area (Å²) < 4.78 is 5.20. The van der Waals surface area contributed by atoms with E-state index in [1.165, 1.54) is 0 Å². The lowest BCUT2D eigenvalue weighted by molar-refractivity contribution is -0.449. The molecule has 0 atom stereocenters. The molecule has 0 fully saturated rings. The van der Waals surface area contributed by atoms with E-state index in [0.717, 1.165) is 17.3 Å². The Bertz CT molecular complexity index is 444. The molecule has 0 saturated carbocycles. The van der Waals surface area contributed by atoms with E-state index < -0.39 is 0 Å². The van der Waals surface area contributed by atoms with E-state index in [1.807, 2.05) is 6.92 Å². The second kappa shape index (κ2) is 7.04. The summed E-state index contributed by atoms with van der Waals surface area (Å²) in [7, 11) is 0. The number of carbonyl (C=O) groups is 1. The van der Waals surface area contributed by atoms with Gasteiger partial charge in [0, 0.05) is 35.2 Å². The SMILES string of the molecule is CC[O+]=C(C)SC(=O)Cc1ccc(Cl)cc1Cl. The van der Waals surface area contributed by atoms with Crippen molar-refractivity contribution >= 4 is 45.2 Å². The third-order valence-electron chi connectivity index (χ3n) is 1.96. The van der Waals surface area contributed by atoms with Gasteiger partial charge in [0.1, 0.15) is 0 Å². The van der Waals surface area contributed by atoms with E-state index in [4.69, 9.17) is 27.6 Å². The van der Waals surface area contributed by atoms with E-state index in [9.17, 15) is 4.79 Å². The largest absolute Gasteiger partial charge is 0.358 e. The lowest BCUT2D eigenvalue weighted by atomic mass is 10.2. The lowest BCUT2D eigenvalue weighted by Gasteiger charge is -2.01. The first-order valence-corrected chi connectivity index (χ1v) is 6.71. The molecule has 0 bridgehead atoms. The van der Waals surface area contributed by atoms with Crippen molar-refractivity contribution in [3.05, 3.63) is 33.8 Å². The summed E-state index contributed by atoms with van der Waals surface area (Å²) >= 11 is 12.9. The van der Waals surface area contributed by atoms with Gasteiger partial charge in [-0.25, -0.2) is 0 Å². The third-order valence-corrected chi connectivity index (χ3v) is 3.32. The number of rotatable bonds is 3. The van der Waals surface area contributed by atoms with E-state index in [-0.39, 0.29) is 11.5 Å². The summed E-state index contributed by atoms with van der Waals surface area (Å²) in [6.45, 7) is 4.22. The Morgan fingerprint density at radius 2 is 2.12 bits per heavy atom. The van der Waals surface area contributed by atoms with Crippen molar-refractivity contribution in [1.29, 1.82) is 0 Å². The predicted octanol–water partition coefficient (Wildman–Crippen LogP) is 3.90. The van der Waals surface area contributed by atoms with Gasteiger partial charge in [-0.05, 0) is 17.7 Å². The molecule has 0 aliphatic carbocycles. The molecule has 0 N–H and O–H groups in total. The minimum Gasteiger partial charge on any atom is -0.286 e. The highest BCUT2D eigenvalue weighted by Gasteiger charge is 2.14. The molecule has 0 aromatic heterocycles. The summed E-state index contributed by atoms with van der Waals surface area (Å²) in [5.74, 6) is 0. The van der Waals surface area contributed by atoms with Gasteiger partial charge < -0.3 is 0 Å². The molecule has 1 rings (SSSR count). The number of benzene rings is 1. The second-order valence-electron chi connectivity index (χ2n) is 3.31. The van der Waals surface area contributed by atoms with Crippen LogP contribution in [0.5, 0.6) is 0 Å². The maximum atomic E-state index is 11.7. The maximum Gasteiger partial charge on any atom is 0.358 e. The minimum absolute atomic E-state index is 0.000160. The van der Waals surface area contributed by atoms with Gasteiger partial charge in [0.05, 0.1) is 6.92 Å². The summed E-state index contributed by atoms with van der Waals surface area (Å²) in [6, 6.07) is 5.12. The topological polar surface area (TPSA) is 28.4 Å². The van der Waals surface area contributed by atoms with Crippen LogP contribution in [0, 0.1) is 0 Å². The summed E-state index contributed by atoms with van der Waals surface area (Å²) in [5.41, 5.74) is 0.776. The van der Waals surface area contributed by atoms with Crippen molar-refractivity contribution in [3.8, 4) is 0 Å². The van der Waals surface area contributed by atoms with Crippen LogP contribution in [0.2, 0.25) is 10.0 Å². The fourth-order valence-corrected chi connectivity index (χ4v) is 2.45. The quantitative estimate of drug-likeness (QED) is 0.790. The predicted molar refractivity (Wildman–Crippen MR) is 74.0 cm³/mol. The molecular weight excluding hydrogens is 279 g/mol. The summed E-state index contributed by atoms with van der Waals surface area (Å²) in [5, 5.41) is 1.74. The second-order valence-corrected chi connectivity index (χ2v) is 5.39. The monoisotopic (exact) mass is 291 g/mol. The highest BCUT2D eigenvalue weighted by atomic mass is 35.5. The maximum absolute atomic E-state index is 11.7. The average Bonchev–Trinajstić information content (AvgIpc) is 2.22.